The quantitative estimate of drug-likeness (QED) is 0.715. The highest BCUT2D eigenvalue weighted by atomic mass is 16.5. The van der Waals surface area contributed by atoms with Crippen molar-refractivity contribution < 1.29 is 14.6 Å². The summed E-state index contributed by atoms with van der Waals surface area (Å²) in [5.74, 6) is -0.0312. The van der Waals surface area contributed by atoms with Gasteiger partial charge >= 0.3 is 5.97 Å². The van der Waals surface area contributed by atoms with Crippen LogP contribution in [0.4, 0.5) is 0 Å². The smallest absolute Gasteiger partial charge is 0.317 e. The highest BCUT2D eigenvalue weighted by Crippen LogP contribution is 2.12. The molecule has 0 radical (unpaired) electrons. The Bertz CT molecular complexity index is 404. The van der Waals surface area contributed by atoms with E-state index in [4.69, 9.17) is 9.84 Å². The molecular weight excluding hydrogens is 230 g/mol. The largest absolute Gasteiger partial charge is 0.492 e. The maximum absolute atomic E-state index is 10.6. The van der Waals surface area contributed by atoms with Gasteiger partial charge in [0.15, 0.2) is 0 Å². The molecule has 0 atom stereocenters. The number of benzene rings is 1. The number of hydrogen-bond acceptors (Lipinski definition) is 3. The average molecular weight is 249 g/mol. The lowest BCUT2D eigenvalue weighted by atomic mass is 10.2. The summed E-state index contributed by atoms with van der Waals surface area (Å²) in [5, 5.41) is 8.75. The first-order valence-electron chi connectivity index (χ1n) is 5.86. The number of carboxylic acid groups (broad SMARTS) is 1. The molecule has 0 aliphatic carbocycles. The highest BCUT2D eigenvalue weighted by Gasteiger charge is 2.07. The summed E-state index contributed by atoms with van der Waals surface area (Å²) in [7, 11) is 0. The molecule has 1 N–H and O–H groups in total. The van der Waals surface area contributed by atoms with Crippen LogP contribution in [-0.4, -0.2) is 42.2 Å². The van der Waals surface area contributed by atoms with Gasteiger partial charge in [0.2, 0.25) is 0 Å². The Hall–Kier alpha value is -1.81. The monoisotopic (exact) mass is 249 g/mol. The minimum Gasteiger partial charge on any atom is -0.492 e. The van der Waals surface area contributed by atoms with E-state index in [2.05, 4.69) is 6.58 Å². The van der Waals surface area contributed by atoms with Crippen LogP contribution in [-0.2, 0) is 4.79 Å². The van der Waals surface area contributed by atoms with Crippen molar-refractivity contribution in [3.63, 3.8) is 0 Å². The number of aliphatic carboxylic acids is 1. The van der Waals surface area contributed by atoms with Crippen LogP contribution in [0.1, 0.15) is 5.56 Å². The first kappa shape index (κ1) is 14.3. The second-order valence-electron chi connectivity index (χ2n) is 4.08. The minimum absolute atomic E-state index is 0.00317. The number of nitrogens with zero attached hydrogens (tertiary/aromatic N) is 1. The van der Waals surface area contributed by atoms with Crippen molar-refractivity contribution in [2.24, 2.45) is 0 Å². The molecule has 0 aliphatic rings. The fraction of sp³-hybridized carbons (Fsp3) is 0.357. The molecule has 1 rings (SSSR count). The molecule has 0 fully saturated rings. The van der Waals surface area contributed by atoms with Crippen LogP contribution in [0, 0.1) is 6.92 Å². The number of carbonyl (C=O) groups is 1. The molecule has 1 aromatic carbocycles. The van der Waals surface area contributed by atoms with E-state index in [0.717, 1.165) is 11.3 Å². The van der Waals surface area contributed by atoms with E-state index in [0.29, 0.717) is 19.7 Å². The predicted molar refractivity (Wildman–Crippen MR) is 70.9 cm³/mol. The van der Waals surface area contributed by atoms with Crippen LogP contribution >= 0.6 is 0 Å². The summed E-state index contributed by atoms with van der Waals surface area (Å²) in [6.45, 7) is 7.18. The predicted octanol–water partition coefficient (Wildman–Crippen LogP) is 1.95. The van der Waals surface area contributed by atoms with Gasteiger partial charge in [-0.2, -0.15) is 0 Å². The molecule has 0 heterocycles. The molecule has 0 aliphatic heterocycles. The van der Waals surface area contributed by atoms with Crippen molar-refractivity contribution in [2.75, 3.05) is 26.2 Å². The van der Waals surface area contributed by atoms with Crippen molar-refractivity contribution in [3.8, 4) is 5.75 Å². The van der Waals surface area contributed by atoms with Gasteiger partial charge < -0.3 is 9.84 Å². The van der Waals surface area contributed by atoms with Gasteiger partial charge in [-0.1, -0.05) is 18.2 Å². The molecular formula is C14H19NO3. The first-order chi connectivity index (χ1) is 8.61. The number of carboxylic acids is 1. The lowest BCUT2D eigenvalue weighted by molar-refractivity contribution is -0.138. The Morgan fingerprint density at radius 2 is 2.33 bits per heavy atom. The fourth-order valence-corrected chi connectivity index (χ4v) is 1.61. The molecule has 4 heteroatoms. The molecule has 0 amide bonds. The Morgan fingerprint density at radius 3 is 2.94 bits per heavy atom. The second-order valence-corrected chi connectivity index (χ2v) is 4.08. The van der Waals surface area contributed by atoms with Gasteiger partial charge in [-0.05, 0) is 24.6 Å². The maximum Gasteiger partial charge on any atom is 0.317 e. The van der Waals surface area contributed by atoms with Crippen LogP contribution in [0.25, 0.3) is 0 Å². The highest BCUT2D eigenvalue weighted by molar-refractivity contribution is 5.69. The van der Waals surface area contributed by atoms with Crippen LogP contribution in [0.15, 0.2) is 36.9 Å². The SMILES string of the molecule is C=CCN(CCOc1cccc(C)c1)CC(=O)O. The zero-order valence-electron chi connectivity index (χ0n) is 10.6. The zero-order valence-corrected chi connectivity index (χ0v) is 10.6. The number of aryl methyl sites for hydroxylation is 1. The molecule has 0 saturated heterocycles. The molecule has 0 spiro atoms. The van der Waals surface area contributed by atoms with E-state index in [1.807, 2.05) is 31.2 Å². The Balaban J connectivity index is 2.38. The molecule has 4 nitrogen and oxygen atoms in total. The second kappa shape index (κ2) is 7.50. The third-order valence-electron chi connectivity index (χ3n) is 2.41. The van der Waals surface area contributed by atoms with Crippen molar-refractivity contribution >= 4 is 5.97 Å². The van der Waals surface area contributed by atoms with Gasteiger partial charge in [0, 0.05) is 13.1 Å². The van der Waals surface area contributed by atoms with Gasteiger partial charge in [0.25, 0.3) is 0 Å². The van der Waals surface area contributed by atoms with Gasteiger partial charge in [-0.15, -0.1) is 6.58 Å². The molecule has 0 aromatic heterocycles. The third kappa shape index (κ3) is 5.50. The molecule has 0 saturated carbocycles. The molecule has 98 valence electrons. The zero-order chi connectivity index (χ0) is 13.4. The lowest BCUT2D eigenvalue weighted by Crippen LogP contribution is -2.33. The van der Waals surface area contributed by atoms with E-state index in [1.165, 1.54) is 0 Å². The summed E-state index contributed by atoms with van der Waals surface area (Å²) in [4.78, 5) is 12.4. The van der Waals surface area contributed by atoms with Crippen molar-refractivity contribution in [1.29, 1.82) is 0 Å². The number of hydrogen-bond donors (Lipinski definition) is 1. The normalized spacial score (nSPS) is 10.3. The molecule has 1 aromatic rings. The van der Waals surface area contributed by atoms with Gasteiger partial charge in [0.05, 0.1) is 6.54 Å². The summed E-state index contributed by atoms with van der Waals surface area (Å²) in [6.07, 6.45) is 1.69. The maximum atomic E-state index is 10.6. The van der Waals surface area contributed by atoms with E-state index in [-0.39, 0.29) is 6.54 Å². The van der Waals surface area contributed by atoms with Gasteiger partial charge in [0.1, 0.15) is 12.4 Å². The molecule has 0 unspecified atom stereocenters. The average Bonchev–Trinajstić information content (AvgIpc) is 2.28. The van der Waals surface area contributed by atoms with Gasteiger partial charge in [-0.25, -0.2) is 0 Å². The van der Waals surface area contributed by atoms with Crippen molar-refractivity contribution in [3.05, 3.63) is 42.5 Å². The molecule has 0 bridgehead atoms. The standard InChI is InChI=1S/C14H19NO3/c1-3-7-15(11-14(16)17)8-9-18-13-6-4-5-12(2)10-13/h3-6,10H,1,7-9,11H2,2H3,(H,16,17). The lowest BCUT2D eigenvalue weighted by Gasteiger charge is -2.18. The fourth-order valence-electron chi connectivity index (χ4n) is 1.61. The first-order valence-corrected chi connectivity index (χ1v) is 5.86. The summed E-state index contributed by atoms with van der Waals surface area (Å²) in [6, 6.07) is 7.78. The third-order valence-corrected chi connectivity index (χ3v) is 2.41. The van der Waals surface area contributed by atoms with Crippen molar-refractivity contribution in [1.82, 2.24) is 4.90 Å². The topological polar surface area (TPSA) is 49.8 Å². The summed E-state index contributed by atoms with van der Waals surface area (Å²) in [5.41, 5.74) is 1.14. The van der Waals surface area contributed by atoms with Crippen molar-refractivity contribution in [2.45, 2.75) is 6.92 Å². The number of rotatable bonds is 8. The minimum atomic E-state index is -0.840. The van der Waals surface area contributed by atoms with E-state index >= 15 is 0 Å². The number of ether oxygens (including phenoxy) is 1. The van der Waals surface area contributed by atoms with Crippen LogP contribution < -0.4 is 4.74 Å². The van der Waals surface area contributed by atoms with E-state index < -0.39 is 5.97 Å². The van der Waals surface area contributed by atoms with Crippen LogP contribution in [0.2, 0.25) is 0 Å². The Kier molecular flexibility index (Phi) is 5.94. The van der Waals surface area contributed by atoms with E-state index in [1.54, 1.807) is 11.0 Å². The van der Waals surface area contributed by atoms with Crippen LogP contribution in [0.3, 0.4) is 0 Å². The molecule has 18 heavy (non-hydrogen) atoms. The van der Waals surface area contributed by atoms with E-state index in [9.17, 15) is 4.79 Å². The van der Waals surface area contributed by atoms with Crippen LogP contribution in [0.5, 0.6) is 5.75 Å². The Labute approximate surface area is 107 Å². The summed E-state index contributed by atoms with van der Waals surface area (Å²) < 4.78 is 5.58. The summed E-state index contributed by atoms with van der Waals surface area (Å²) >= 11 is 0. The van der Waals surface area contributed by atoms with Gasteiger partial charge in [-0.3, -0.25) is 9.69 Å². The Morgan fingerprint density at radius 1 is 1.56 bits per heavy atom.